The van der Waals surface area contributed by atoms with Gasteiger partial charge in [-0.1, -0.05) is 12.1 Å². The summed E-state index contributed by atoms with van der Waals surface area (Å²) in [6.45, 7) is 4.99. The first kappa shape index (κ1) is 17.0. The predicted molar refractivity (Wildman–Crippen MR) is 78.2 cm³/mol. The Kier molecular flexibility index (Phi) is 6.49. The van der Waals surface area contributed by atoms with Gasteiger partial charge in [0.15, 0.2) is 0 Å². The van der Waals surface area contributed by atoms with E-state index in [9.17, 15) is 10.0 Å². The highest BCUT2D eigenvalue weighted by molar-refractivity contribution is 6.59. The molecular formula is C14H23BO5. The Labute approximate surface area is 120 Å². The Morgan fingerprint density at radius 1 is 1.20 bits per heavy atom. The first-order chi connectivity index (χ1) is 9.39. The normalized spacial score (nSPS) is 11.5. The van der Waals surface area contributed by atoms with E-state index in [1.165, 1.54) is 7.11 Å². The minimum absolute atomic E-state index is 0.202. The average Bonchev–Trinajstić information content (AvgIpc) is 2.43. The van der Waals surface area contributed by atoms with Gasteiger partial charge < -0.3 is 24.3 Å². The zero-order valence-electron chi connectivity index (χ0n) is 12.5. The molecule has 1 rings (SSSR count). The predicted octanol–water partition coefficient (Wildman–Crippen LogP) is 0.707. The average molecular weight is 282 g/mol. The van der Waals surface area contributed by atoms with E-state index < -0.39 is 7.12 Å². The summed E-state index contributed by atoms with van der Waals surface area (Å²) < 4.78 is 16.0. The van der Waals surface area contributed by atoms with E-state index in [0.29, 0.717) is 24.4 Å². The summed E-state index contributed by atoms with van der Waals surface area (Å²) in [7, 11) is 1.61. The van der Waals surface area contributed by atoms with E-state index in [4.69, 9.17) is 14.2 Å². The maximum Gasteiger partial charge on any atom is 0.492 e. The molecule has 0 unspecified atom stereocenters. The van der Waals surface area contributed by atoms with Crippen LogP contribution in [-0.4, -0.2) is 43.6 Å². The Hall–Kier alpha value is -1.08. The molecule has 0 bridgehead atoms. The smallest absolute Gasteiger partial charge is 0.492 e. The molecule has 0 spiro atoms. The number of methoxy groups -OCH3 is 2. The van der Waals surface area contributed by atoms with Gasteiger partial charge in [0, 0.05) is 19.2 Å². The molecule has 6 heteroatoms. The quantitative estimate of drug-likeness (QED) is 0.543. The van der Waals surface area contributed by atoms with Gasteiger partial charge in [-0.3, -0.25) is 0 Å². The molecule has 20 heavy (non-hydrogen) atoms. The molecule has 5 nitrogen and oxygen atoms in total. The molecule has 1 aromatic carbocycles. The standard InChI is InChI=1S/C14H23BO5/c1-14(2,19-4)7-8-20-10-11-5-6-13(18-3)12(9-11)15(16)17/h5-6,9,16-17H,7-8,10H2,1-4H3. The minimum atomic E-state index is -1.56. The van der Waals surface area contributed by atoms with E-state index >= 15 is 0 Å². The summed E-state index contributed by atoms with van der Waals surface area (Å²) in [5.74, 6) is 0.448. The molecule has 1 aromatic rings. The van der Waals surface area contributed by atoms with E-state index in [1.807, 2.05) is 19.9 Å². The summed E-state index contributed by atoms with van der Waals surface area (Å²) in [6, 6.07) is 5.21. The highest BCUT2D eigenvalue weighted by Gasteiger charge is 2.18. The molecule has 2 N–H and O–H groups in total. The molecule has 112 valence electrons. The van der Waals surface area contributed by atoms with Crippen LogP contribution >= 0.6 is 0 Å². The largest absolute Gasteiger partial charge is 0.497 e. The third-order valence-electron chi connectivity index (χ3n) is 3.24. The number of hydrogen-bond acceptors (Lipinski definition) is 5. The van der Waals surface area contributed by atoms with Crippen LogP contribution in [0.2, 0.25) is 0 Å². The number of rotatable bonds is 8. The van der Waals surface area contributed by atoms with Gasteiger partial charge >= 0.3 is 7.12 Å². The first-order valence-electron chi connectivity index (χ1n) is 6.55. The van der Waals surface area contributed by atoms with Gasteiger partial charge in [-0.05, 0) is 31.9 Å². The number of ether oxygens (including phenoxy) is 3. The molecule has 0 aliphatic heterocycles. The van der Waals surface area contributed by atoms with Gasteiger partial charge in [-0.2, -0.15) is 0 Å². The van der Waals surface area contributed by atoms with Gasteiger partial charge in [-0.25, -0.2) is 0 Å². The second-order valence-electron chi connectivity index (χ2n) is 5.22. The van der Waals surface area contributed by atoms with Crippen molar-refractivity contribution in [2.24, 2.45) is 0 Å². The molecule has 0 aromatic heterocycles. The van der Waals surface area contributed by atoms with Crippen molar-refractivity contribution >= 4 is 12.6 Å². The maximum atomic E-state index is 9.29. The topological polar surface area (TPSA) is 68.2 Å². The van der Waals surface area contributed by atoms with Crippen molar-refractivity contribution in [2.75, 3.05) is 20.8 Å². The lowest BCUT2D eigenvalue weighted by atomic mass is 9.79. The lowest BCUT2D eigenvalue weighted by Gasteiger charge is -2.22. The molecule has 0 amide bonds. The van der Waals surface area contributed by atoms with Gasteiger partial charge in [0.2, 0.25) is 0 Å². The minimum Gasteiger partial charge on any atom is -0.497 e. The highest BCUT2D eigenvalue weighted by Crippen LogP contribution is 2.14. The fraction of sp³-hybridized carbons (Fsp3) is 0.571. The Morgan fingerprint density at radius 3 is 2.45 bits per heavy atom. The van der Waals surface area contributed by atoms with Crippen molar-refractivity contribution in [3.63, 3.8) is 0 Å². The van der Waals surface area contributed by atoms with E-state index in [-0.39, 0.29) is 5.60 Å². The van der Waals surface area contributed by atoms with Crippen molar-refractivity contribution in [3.05, 3.63) is 23.8 Å². The van der Waals surface area contributed by atoms with Crippen LogP contribution in [0.15, 0.2) is 18.2 Å². The summed E-state index contributed by atoms with van der Waals surface area (Å²) in [5, 5.41) is 18.6. The lowest BCUT2D eigenvalue weighted by Crippen LogP contribution is -2.31. The number of hydrogen-bond donors (Lipinski definition) is 2. The third kappa shape index (κ3) is 5.13. The van der Waals surface area contributed by atoms with Crippen molar-refractivity contribution in [2.45, 2.75) is 32.5 Å². The van der Waals surface area contributed by atoms with Gasteiger partial charge in [0.05, 0.1) is 19.3 Å². The molecular weight excluding hydrogens is 259 g/mol. The second-order valence-corrected chi connectivity index (χ2v) is 5.22. The van der Waals surface area contributed by atoms with Crippen LogP contribution in [0.1, 0.15) is 25.8 Å². The lowest BCUT2D eigenvalue weighted by molar-refractivity contribution is -0.0124. The second kappa shape index (κ2) is 7.64. The number of benzene rings is 1. The Balaban J connectivity index is 2.55. The highest BCUT2D eigenvalue weighted by atomic mass is 16.5. The van der Waals surface area contributed by atoms with Crippen molar-refractivity contribution < 1.29 is 24.3 Å². The van der Waals surface area contributed by atoms with E-state index in [2.05, 4.69) is 0 Å². The molecule has 0 aliphatic carbocycles. The molecule has 0 saturated heterocycles. The van der Waals surface area contributed by atoms with Crippen LogP contribution in [0.25, 0.3) is 0 Å². The summed E-state index contributed by atoms with van der Waals surface area (Å²) in [5.41, 5.74) is 1.00. The van der Waals surface area contributed by atoms with Gasteiger partial charge in [-0.15, -0.1) is 0 Å². The zero-order chi connectivity index (χ0) is 15.2. The van der Waals surface area contributed by atoms with Gasteiger partial charge in [0.1, 0.15) is 5.75 Å². The van der Waals surface area contributed by atoms with E-state index in [0.717, 1.165) is 12.0 Å². The zero-order valence-corrected chi connectivity index (χ0v) is 12.5. The Bertz CT molecular complexity index is 420. The summed E-state index contributed by atoms with van der Waals surface area (Å²) in [6.07, 6.45) is 0.787. The third-order valence-corrected chi connectivity index (χ3v) is 3.24. The van der Waals surface area contributed by atoms with Crippen LogP contribution in [0, 0.1) is 0 Å². The first-order valence-corrected chi connectivity index (χ1v) is 6.55. The van der Waals surface area contributed by atoms with Crippen molar-refractivity contribution in [1.82, 2.24) is 0 Å². The molecule has 0 saturated carbocycles. The van der Waals surface area contributed by atoms with Crippen LogP contribution in [0.3, 0.4) is 0 Å². The van der Waals surface area contributed by atoms with Crippen LogP contribution in [-0.2, 0) is 16.1 Å². The van der Waals surface area contributed by atoms with Crippen molar-refractivity contribution in [3.8, 4) is 5.75 Å². The Morgan fingerprint density at radius 2 is 1.90 bits per heavy atom. The van der Waals surface area contributed by atoms with Crippen LogP contribution in [0.5, 0.6) is 5.75 Å². The van der Waals surface area contributed by atoms with E-state index in [1.54, 1.807) is 19.2 Å². The van der Waals surface area contributed by atoms with Crippen LogP contribution < -0.4 is 10.2 Å². The summed E-state index contributed by atoms with van der Waals surface area (Å²) >= 11 is 0. The van der Waals surface area contributed by atoms with Gasteiger partial charge in [0.25, 0.3) is 0 Å². The molecule has 0 atom stereocenters. The fourth-order valence-electron chi connectivity index (χ4n) is 1.69. The summed E-state index contributed by atoms with van der Waals surface area (Å²) in [4.78, 5) is 0. The molecule has 0 fully saturated rings. The van der Waals surface area contributed by atoms with Crippen LogP contribution in [0.4, 0.5) is 0 Å². The molecule has 0 aliphatic rings. The van der Waals surface area contributed by atoms with Crippen molar-refractivity contribution in [1.29, 1.82) is 0 Å². The maximum absolute atomic E-state index is 9.29. The SMILES string of the molecule is COc1ccc(COCCC(C)(C)OC)cc1B(O)O. The fourth-order valence-corrected chi connectivity index (χ4v) is 1.69. The molecule has 0 heterocycles. The monoisotopic (exact) mass is 282 g/mol. The molecule has 0 radical (unpaired) electrons.